The first-order chi connectivity index (χ1) is 17.8. The molecule has 0 bridgehead atoms. The topological polar surface area (TPSA) is 74.8 Å². The van der Waals surface area contributed by atoms with E-state index in [1.54, 1.807) is 4.90 Å². The Morgan fingerprint density at radius 3 is 2.24 bits per heavy atom. The van der Waals surface area contributed by atoms with Crippen LogP contribution in [0.1, 0.15) is 27.5 Å². The molecule has 1 unspecified atom stereocenters. The van der Waals surface area contributed by atoms with Crippen LogP contribution < -0.4 is 10.1 Å². The van der Waals surface area contributed by atoms with Gasteiger partial charge in [-0.05, 0) is 17.2 Å². The quantitative estimate of drug-likeness (QED) is 0.497. The summed E-state index contributed by atoms with van der Waals surface area (Å²) in [6.45, 7) is 0.537. The minimum atomic E-state index is -4.50. The van der Waals surface area contributed by atoms with Crippen molar-refractivity contribution in [1.82, 2.24) is 20.1 Å². The average molecular weight is 513 g/mol. The highest BCUT2D eigenvalue weighted by molar-refractivity contribution is 5.94. The van der Waals surface area contributed by atoms with Crippen molar-refractivity contribution in [2.24, 2.45) is 0 Å². The molecule has 3 aromatic rings. The third-order valence-corrected chi connectivity index (χ3v) is 6.01. The molecule has 4 rings (SSSR count). The summed E-state index contributed by atoms with van der Waals surface area (Å²) in [4.78, 5) is 33.7. The summed E-state index contributed by atoms with van der Waals surface area (Å²) in [5, 5.41) is 3.02. The summed E-state index contributed by atoms with van der Waals surface area (Å²) in [6.07, 6.45) is -3.25. The van der Waals surface area contributed by atoms with E-state index in [4.69, 9.17) is 0 Å². The zero-order chi connectivity index (χ0) is 26.3. The van der Waals surface area contributed by atoms with Gasteiger partial charge in [0.05, 0.1) is 0 Å². The average Bonchev–Trinajstić information content (AvgIpc) is 2.92. The van der Waals surface area contributed by atoms with Gasteiger partial charge in [0.25, 0.3) is 5.91 Å². The van der Waals surface area contributed by atoms with Crippen LogP contribution in [0, 0.1) is 0 Å². The van der Waals surface area contributed by atoms with E-state index in [1.807, 2.05) is 65.6 Å². The van der Waals surface area contributed by atoms with Crippen molar-refractivity contribution >= 4 is 11.8 Å². The van der Waals surface area contributed by atoms with Crippen LogP contribution in [0.3, 0.4) is 0 Å². The zero-order valence-corrected chi connectivity index (χ0v) is 20.0. The summed E-state index contributed by atoms with van der Waals surface area (Å²) in [7, 11) is 0. The number of carbonyl (C=O) groups excluding carboxylic acids is 2. The lowest BCUT2D eigenvalue weighted by molar-refractivity contribution is -0.154. The Bertz CT molecular complexity index is 1180. The van der Waals surface area contributed by atoms with Crippen molar-refractivity contribution in [3.8, 4) is 5.88 Å². The van der Waals surface area contributed by atoms with Gasteiger partial charge < -0.3 is 15.0 Å². The number of benzene rings is 2. The molecule has 1 aliphatic heterocycles. The lowest BCUT2D eigenvalue weighted by Gasteiger charge is -2.38. The second kappa shape index (κ2) is 11.9. The monoisotopic (exact) mass is 512 g/mol. The van der Waals surface area contributed by atoms with Crippen LogP contribution in [0.4, 0.5) is 13.2 Å². The highest BCUT2D eigenvalue weighted by atomic mass is 19.4. The molecule has 1 aliphatic rings. The molecular formula is C27H27F3N4O3. The summed E-state index contributed by atoms with van der Waals surface area (Å²) < 4.78 is 42.0. The van der Waals surface area contributed by atoms with E-state index in [9.17, 15) is 22.8 Å². The maximum absolute atomic E-state index is 13.3. The number of halogens is 3. The second-order valence-corrected chi connectivity index (χ2v) is 8.63. The minimum Gasteiger partial charge on any atom is -0.468 e. The third-order valence-electron chi connectivity index (χ3n) is 6.01. The highest BCUT2D eigenvalue weighted by Gasteiger charge is 2.32. The van der Waals surface area contributed by atoms with Crippen molar-refractivity contribution in [2.75, 3.05) is 32.8 Å². The molecule has 0 aliphatic carbocycles. The fourth-order valence-electron chi connectivity index (χ4n) is 4.19. The summed E-state index contributed by atoms with van der Waals surface area (Å²) >= 11 is 0. The van der Waals surface area contributed by atoms with E-state index in [2.05, 4.69) is 15.0 Å². The smallest absolute Gasteiger partial charge is 0.422 e. The molecule has 1 saturated heterocycles. The number of amides is 2. The van der Waals surface area contributed by atoms with Crippen LogP contribution in [-0.4, -0.2) is 65.6 Å². The number of aromatic nitrogens is 1. The Labute approximate surface area is 212 Å². The molecule has 0 saturated carbocycles. The largest absolute Gasteiger partial charge is 0.468 e. The first-order valence-electron chi connectivity index (χ1n) is 11.9. The molecule has 10 heteroatoms. The first kappa shape index (κ1) is 26.2. The molecule has 0 radical (unpaired) electrons. The van der Waals surface area contributed by atoms with E-state index in [1.165, 1.54) is 18.3 Å². The lowest BCUT2D eigenvalue weighted by atomic mass is 10.0. The number of hydrogen-bond donors (Lipinski definition) is 1. The van der Waals surface area contributed by atoms with Gasteiger partial charge in [0.15, 0.2) is 6.61 Å². The second-order valence-electron chi connectivity index (χ2n) is 8.63. The molecule has 2 heterocycles. The van der Waals surface area contributed by atoms with Crippen molar-refractivity contribution in [1.29, 1.82) is 0 Å². The number of pyridine rings is 1. The van der Waals surface area contributed by atoms with Gasteiger partial charge in [-0.2, -0.15) is 13.2 Å². The van der Waals surface area contributed by atoms with Gasteiger partial charge >= 0.3 is 6.18 Å². The van der Waals surface area contributed by atoms with Gasteiger partial charge in [-0.25, -0.2) is 4.98 Å². The maximum atomic E-state index is 13.3. The van der Waals surface area contributed by atoms with Crippen LogP contribution in [0.15, 0.2) is 79.0 Å². The molecule has 1 aromatic heterocycles. The van der Waals surface area contributed by atoms with Crippen LogP contribution in [-0.2, 0) is 11.3 Å². The van der Waals surface area contributed by atoms with Crippen LogP contribution in [0.2, 0.25) is 0 Å². The molecule has 7 nitrogen and oxygen atoms in total. The minimum absolute atomic E-state index is 0.129. The number of piperazine rings is 1. The molecule has 194 valence electrons. The molecule has 1 N–H and O–H groups in total. The zero-order valence-electron chi connectivity index (χ0n) is 20.0. The molecule has 2 aromatic carbocycles. The number of ether oxygens (including phenoxy) is 1. The van der Waals surface area contributed by atoms with Crippen molar-refractivity contribution < 1.29 is 27.5 Å². The predicted octanol–water partition coefficient (Wildman–Crippen LogP) is 3.84. The van der Waals surface area contributed by atoms with Crippen molar-refractivity contribution in [3.05, 3.63) is 95.7 Å². The van der Waals surface area contributed by atoms with Crippen molar-refractivity contribution in [3.63, 3.8) is 0 Å². The Morgan fingerprint density at radius 1 is 0.946 bits per heavy atom. The lowest BCUT2D eigenvalue weighted by Crippen LogP contribution is -2.52. The Morgan fingerprint density at radius 2 is 1.59 bits per heavy atom. The Hall–Kier alpha value is -3.92. The fraction of sp³-hybridized carbons (Fsp3) is 0.296. The SMILES string of the molecule is O=C(NCc1ccccc1)C(c1ccccc1)N1CCN(C(=O)c2ccnc(OCC(F)(F)F)c2)CC1. The Kier molecular flexibility index (Phi) is 8.39. The van der Waals surface area contributed by atoms with Gasteiger partial charge in [0.1, 0.15) is 6.04 Å². The van der Waals surface area contributed by atoms with Crippen LogP contribution in [0.25, 0.3) is 0 Å². The van der Waals surface area contributed by atoms with Gasteiger partial charge in [0.2, 0.25) is 11.8 Å². The number of nitrogens with zero attached hydrogens (tertiary/aromatic N) is 3. The standard InChI is InChI=1S/C27H27F3N4O3/c28-27(29,30)19-37-23-17-22(11-12-31-23)26(36)34-15-13-33(14-16-34)24(21-9-5-2-6-10-21)25(35)32-18-20-7-3-1-4-8-20/h1-12,17,24H,13-16,18-19H2,(H,32,35). The first-order valence-corrected chi connectivity index (χ1v) is 11.9. The van der Waals surface area contributed by atoms with Gasteiger partial charge in [-0.3, -0.25) is 14.5 Å². The van der Waals surface area contributed by atoms with Crippen LogP contribution in [0.5, 0.6) is 5.88 Å². The summed E-state index contributed by atoms with van der Waals surface area (Å²) in [5.74, 6) is -0.722. The number of nitrogens with one attached hydrogen (secondary N) is 1. The fourth-order valence-corrected chi connectivity index (χ4v) is 4.19. The van der Waals surface area contributed by atoms with Gasteiger partial charge in [-0.1, -0.05) is 60.7 Å². The number of alkyl halides is 3. The van der Waals surface area contributed by atoms with E-state index in [-0.39, 0.29) is 23.3 Å². The number of carbonyl (C=O) groups is 2. The van der Waals surface area contributed by atoms with Gasteiger partial charge in [0, 0.05) is 50.6 Å². The Balaban J connectivity index is 1.40. The normalized spacial score (nSPS) is 15.2. The molecule has 1 atom stereocenters. The van der Waals surface area contributed by atoms with E-state index in [0.29, 0.717) is 32.7 Å². The summed E-state index contributed by atoms with van der Waals surface area (Å²) in [6, 6.07) is 21.2. The van der Waals surface area contributed by atoms with Crippen molar-refractivity contribution in [2.45, 2.75) is 18.8 Å². The van der Waals surface area contributed by atoms with Crippen LogP contribution >= 0.6 is 0 Å². The molecule has 0 spiro atoms. The van der Waals surface area contributed by atoms with Gasteiger partial charge in [-0.15, -0.1) is 0 Å². The van der Waals surface area contributed by atoms with E-state index >= 15 is 0 Å². The molecule has 2 amide bonds. The number of rotatable bonds is 8. The van der Waals surface area contributed by atoms with E-state index < -0.39 is 18.8 Å². The molecule has 37 heavy (non-hydrogen) atoms. The predicted molar refractivity (Wildman–Crippen MR) is 131 cm³/mol. The maximum Gasteiger partial charge on any atom is 0.422 e. The third kappa shape index (κ3) is 7.29. The summed E-state index contributed by atoms with van der Waals surface area (Å²) in [5.41, 5.74) is 2.04. The molecule has 1 fully saturated rings. The van der Waals surface area contributed by atoms with E-state index in [0.717, 1.165) is 11.1 Å². The molecular weight excluding hydrogens is 485 g/mol. The highest BCUT2D eigenvalue weighted by Crippen LogP contribution is 2.24. The number of hydrogen-bond acceptors (Lipinski definition) is 5.